The van der Waals surface area contributed by atoms with Gasteiger partial charge in [0.05, 0.1) is 29.2 Å². The van der Waals surface area contributed by atoms with Crippen LogP contribution in [0.5, 0.6) is 0 Å². The van der Waals surface area contributed by atoms with Crippen molar-refractivity contribution >= 4 is 33.9 Å². The third-order valence-corrected chi connectivity index (χ3v) is 9.45. The van der Waals surface area contributed by atoms with Crippen LogP contribution < -0.4 is 0 Å². The van der Waals surface area contributed by atoms with Gasteiger partial charge in [0, 0.05) is 22.8 Å². The van der Waals surface area contributed by atoms with Crippen molar-refractivity contribution in [2.24, 2.45) is 5.41 Å². The van der Waals surface area contributed by atoms with Gasteiger partial charge >= 0.3 is 0 Å². The number of rotatable bonds is 15. The number of hydrogen-bond donors (Lipinski definition) is 0. The highest BCUT2D eigenvalue weighted by Gasteiger charge is 2.32. The summed E-state index contributed by atoms with van der Waals surface area (Å²) in [4.78, 5) is 12.9. The van der Waals surface area contributed by atoms with E-state index < -0.39 is 0 Å². The van der Waals surface area contributed by atoms with E-state index in [0.29, 0.717) is 30.0 Å². The smallest absolute Gasteiger partial charge is 0.187 e. The summed E-state index contributed by atoms with van der Waals surface area (Å²) in [5.74, 6) is 0.0994. The van der Waals surface area contributed by atoms with E-state index in [9.17, 15) is 4.79 Å². The van der Waals surface area contributed by atoms with Crippen molar-refractivity contribution in [3.63, 3.8) is 0 Å². The first kappa shape index (κ1) is 34.7. The lowest BCUT2D eigenvalue weighted by Gasteiger charge is -2.36. The second-order valence-corrected chi connectivity index (χ2v) is 13.2. The summed E-state index contributed by atoms with van der Waals surface area (Å²) in [5.41, 5.74) is 7.05. The Balaban J connectivity index is 2.08. The zero-order valence-electron chi connectivity index (χ0n) is 27.5. The van der Waals surface area contributed by atoms with Gasteiger partial charge in [0.25, 0.3) is 0 Å². The van der Waals surface area contributed by atoms with E-state index in [1.54, 1.807) is 6.08 Å². The molecule has 3 rings (SSSR count). The molecule has 0 spiro atoms. The van der Waals surface area contributed by atoms with E-state index in [2.05, 4.69) is 109 Å². The molecule has 0 aliphatic carbocycles. The van der Waals surface area contributed by atoms with Gasteiger partial charge in [-0.1, -0.05) is 109 Å². The summed E-state index contributed by atoms with van der Waals surface area (Å²) in [5, 5.41) is 10.1. The fourth-order valence-corrected chi connectivity index (χ4v) is 5.97. The molecule has 4 heteroatoms. The third kappa shape index (κ3) is 7.66. The molecule has 0 aliphatic rings. The number of carbonyl (C=O) groups is 1. The van der Waals surface area contributed by atoms with Gasteiger partial charge < -0.3 is 4.57 Å². The molecule has 0 radical (unpaired) electrons. The van der Waals surface area contributed by atoms with Crippen molar-refractivity contribution in [1.29, 1.82) is 5.26 Å². The Labute approximate surface area is 270 Å². The second kappa shape index (κ2) is 14.8. The van der Waals surface area contributed by atoms with Gasteiger partial charge in [-0.25, -0.2) is 0 Å². The molecule has 3 nitrogen and oxygen atoms in total. The Bertz CT molecular complexity index is 1620. The summed E-state index contributed by atoms with van der Waals surface area (Å²) in [6.45, 7) is 27.0. The summed E-state index contributed by atoms with van der Waals surface area (Å²) < 4.78 is 2.14. The molecular formula is C40H48ClN2O+. The van der Waals surface area contributed by atoms with Crippen LogP contribution in [0.2, 0.25) is 5.02 Å². The number of nitrogens with zero attached hydrogens (tertiary/aromatic N) is 2. The molecule has 1 atom stereocenters. The summed E-state index contributed by atoms with van der Waals surface area (Å²) in [6.07, 6.45) is 11.2. The van der Waals surface area contributed by atoms with Crippen molar-refractivity contribution in [2.45, 2.75) is 91.5 Å². The number of carbonyl (C=O) groups excluding carboxylic acids is 1. The SMILES string of the molecule is C=CC(C)(C)c1cccc(C(C/C(=C/CC)C(=C)c2cc3cc(C(=O)/C=C/CCC#N)c(Cl)cc3n2C[CH2+])C(C)(C)CC)c1. The van der Waals surface area contributed by atoms with Crippen LogP contribution in [0, 0.1) is 23.7 Å². The van der Waals surface area contributed by atoms with Gasteiger partial charge in [-0.15, -0.1) is 6.58 Å². The van der Waals surface area contributed by atoms with Crippen LogP contribution >= 0.6 is 11.6 Å². The number of benzene rings is 2. The quantitative estimate of drug-likeness (QED) is 0.0430. The maximum absolute atomic E-state index is 12.9. The van der Waals surface area contributed by atoms with Crippen LogP contribution in [0.3, 0.4) is 0 Å². The molecule has 0 saturated heterocycles. The average Bonchev–Trinajstić information content (AvgIpc) is 3.37. The van der Waals surface area contributed by atoms with Crippen LogP contribution in [-0.2, 0) is 12.0 Å². The summed E-state index contributed by atoms with van der Waals surface area (Å²) >= 11 is 6.65. The van der Waals surface area contributed by atoms with Crippen molar-refractivity contribution in [1.82, 2.24) is 4.57 Å². The van der Waals surface area contributed by atoms with Gasteiger partial charge in [-0.05, 0) is 77.1 Å². The van der Waals surface area contributed by atoms with Crippen molar-refractivity contribution in [3.05, 3.63) is 120 Å². The minimum atomic E-state index is -0.171. The van der Waals surface area contributed by atoms with Crippen LogP contribution in [-0.4, -0.2) is 10.4 Å². The molecule has 0 amide bonds. The van der Waals surface area contributed by atoms with Crippen molar-refractivity contribution < 1.29 is 4.79 Å². The number of aromatic nitrogens is 1. The van der Waals surface area contributed by atoms with E-state index in [1.807, 2.05) is 18.2 Å². The number of fused-ring (bicyclic) bond motifs is 1. The molecule has 230 valence electrons. The minimum Gasteiger partial charge on any atom is -0.301 e. The highest BCUT2D eigenvalue weighted by Crippen LogP contribution is 2.46. The third-order valence-electron chi connectivity index (χ3n) is 9.14. The van der Waals surface area contributed by atoms with E-state index in [4.69, 9.17) is 16.9 Å². The molecule has 0 bridgehead atoms. The number of unbranched alkanes of at least 4 members (excludes halogenated alkanes) is 1. The number of hydrogen-bond acceptors (Lipinski definition) is 2. The molecule has 1 unspecified atom stereocenters. The van der Waals surface area contributed by atoms with Crippen LogP contribution in [0.4, 0.5) is 0 Å². The molecule has 0 aliphatic heterocycles. The van der Waals surface area contributed by atoms with E-state index in [0.717, 1.165) is 41.4 Å². The van der Waals surface area contributed by atoms with Crippen LogP contribution in [0.1, 0.15) is 107 Å². The lowest BCUT2D eigenvalue weighted by molar-refractivity contribution is 0.104. The number of nitriles is 1. The first-order valence-electron chi connectivity index (χ1n) is 15.7. The van der Waals surface area contributed by atoms with Gasteiger partial charge in [0.15, 0.2) is 12.3 Å². The monoisotopic (exact) mass is 607 g/mol. The Morgan fingerprint density at radius 3 is 2.50 bits per heavy atom. The molecule has 0 saturated carbocycles. The Morgan fingerprint density at radius 2 is 1.89 bits per heavy atom. The number of halogens is 1. The van der Waals surface area contributed by atoms with E-state index in [-0.39, 0.29) is 22.5 Å². The van der Waals surface area contributed by atoms with E-state index in [1.165, 1.54) is 22.8 Å². The maximum atomic E-state index is 12.9. The Hall–Kier alpha value is -3.74. The Kier molecular flexibility index (Phi) is 11.7. The standard InChI is InChI=1S/C40H48ClN2O/c1-10-18-29(25-34(40(8,9)12-3)30-19-17-20-32(23-30)39(6,7)11-2)28(5)36-26-31-24-33(38(44)21-15-14-16-22-42)35(41)27-37(31)43(36)13-4/h11,15,17-21,23-24,26-27,34H,2,4-5,10,12-14,16,25H2,1,3,6-9H3/q+1/b21-15+,29-18-. The molecule has 44 heavy (non-hydrogen) atoms. The van der Waals surface area contributed by atoms with Gasteiger partial charge in [-0.3, -0.25) is 4.79 Å². The first-order chi connectivity index (χ1) is 20.8. The molecule has 1 heterocycles. The lowest BCUT2D eigenvalue weighted by Crippen LogP contribution is -2.23. The zero-order chi connectivity index (χ0) is 32.7. The van der Waals surface area contributed by atoms with Gasteiger partial charge in [0.2, 0.25) is 0 Å². The second-order valence-electron chi connectivity index (χ2n) is 12.8. The largest absolute Gasteiger partial charge is 0.301 e. The molecule has 1 aromatic heterocycles. The van der Waals surface area contributed by atoms with Gasteiger partial charge in [-0.2, -0.15) is 5.26 Å². The first-order valence-corrected chi connectivity index (χ1v) is 16.0. The van der Waals surface area contributed by atoms with Crippen LogP contribution in [0.15, 0.2) is 85.5 Å². The molecule has 3 aromatic rings. The predicted octanol–water partition coefficient (Wildman–Crippen LogP) is 11.6. The molecule has 0 fully saturated rings. The topological polar surface area (TPSA) is 45.8 Å². The minimum absolute atomic E-state index is 0.0482. The molecule has 0 N–H and O–H groups in total. The average molecular weight is 608 g/mol. The van der Waals surface area contributed by atoms with E-state index >= 15 is 0 Å². The fourth-order valence-electron chi connectivity index (χ4n) is 5.72. The number of allylic oxidation sites excluding steroid dienone is 6. The predicted molar refractivity (Wildman–Crippen MR) is 189 cm³/mol. The fraction of sp³-hybridized carbons (Fsp3) is 0.375. The van der Waals surface area contributed by atoms with Crippen molar-refractivity contribution in [3.8, 4) is 6.07 Å². The lowest BCUT2D eigenvalue weighted by atomic mass is 9.69. The molecular weight excluding hydrogens is 560 g/mol. The highest BCUT2D eigenvalue weighted by atomic mass is 35.5. The summed E-state index contributed by atoms with van der Waals surface area (Å²) in [6, 6.07) is 16.9. The van der Waals surface area contributed by atoms with Crippen molar-refractivity contribution in [2.75, 3.05) is 0 Å². The zero-order valence-corrected chi connectivity index (χ0v) is 28.2. The maximum Gasteiger partial charge on any atom is 0.187 e. The number of ketones is 1. The van der Waals surface area contributed by atoms with Crippen LogP contribution in [0.25, 0.3) is 16.5 Å². The Morgan fingerprint density at radius 1 is 1.16 bits per heavy atom. The normalized spacial score (nSPS) is 13.3. The summed E-state index contributed by atoms with van der Waals surface area (Å²) in [7, 11) is 0. The highest BCUT2D eigenvalue weighted by molar-refractivity contribution is 6.35. The van der Waals surface area contributed by atoms with Gasteiger partial charge in [0.1, 0.15) is 0 Å². The molecule has 2 aromatic carbocycles.